The molecule has 0 aliphatic heterocycles. The van der Waals surface area contributed by atoms with Crippen LogP contribution in [0.2, 0.25) is 0 Å². The molecule has 130 valence electrons. The molecule has 1 atom stereocenters. The molecule has 0 bridgehead atoms. The molecule has 0 saturated heterocycles. The summed E-state index contributed by atoms with van der Waals surface area (Å²) in [6, 6.07) is 0. The zero-order valence-electron chi connectivity index (χ0n) is 14.7. The van der Waals surface area contributed by atoms with Gasteiger partial charge in [-0.05, 0) is 51.5 Å². The number of aromatic amines is 1. The second-order valence-electron chi connectivity index (χ2n) is 6.74. The molecular weight excluding hydrogens is 320 g/mol. The summed E-state index contributed by atoms with van der Waals surface area (Å²) in [5.41, 5.74) is 4.50. The van der Waals surface area contributed by atoms with E-state index in [9.17, 15) is 4.79 Å². The van der Waals surface area contributed by atoms with Gasteiger partial charge >= 0.3 is 0 Å². The SMILES string of the molecule is Cc1n[nH]c(C)c1CC(C)C(=O)NCCc1nc2c(s1)CCCC2. The van der Waals surface area contributed by atoms with Gasteiger partial charge < -0.3 is 5.32 Å². The number of hydrogen-bond donors (Lipinski definition) is 2. The number of nitrogens with zero attached hydrogens (tertiary/aromatic N) is 2. The summed E-state index contributed by atoms with van der Waals surface area (Å²) in [6.07, 6.45) is 6.41. The van der Waals surface area contributed by atoms with E-state index in [4.69, 9.17) is 4.98 Å². The van der Waals surface area contributed by atoms with Crippen molar-refractivity contribution >= 4 is 17.2 Å². The van der Waals surface area contributed by atoms with Crippen molar-refractivity contribution in [2.24, 2.45) is 5.92 Å². The highest BCUT2D eigenvalue weighted by molar-refractivity contribution is 7.11. The monoisotopic (exact) mass is 346 g/mol. The molecular formula is C18H26N4OS. The number of H-pyrrole nitrogens is 1. The van der Waals surface area contributed by atoms with Crippen molar-refractivity contribution in [1.29, 1.82) is 0 Å². The highest BCUT2D eigenvalue weighted by Crippen LogP contribution is 2.26. The highest BCUT2D eigenvalue weighted by Gasteiger charge is 2.18. The lowest BCUT2D eigenvalue weighted by Gasteiger charge is -2.12. The molecule has 0 radical (unpaired) electrons. The zero-order chi connectivity index (χ0) is 17.1. The third-order valence-electron chi connectivity index (χ3n) is 4.77. The molecule has 0 spiro atoms. The topological polar surface area (TPSA) is 70.7 Å². The van der Waals surface area contributed by atoms with Crippen molar-refractivity contribution in [3.05, 3.63) is 32.5 Å². The van der Waals surface area contributed by atoms with E-state index >= 15 is 0 Å². The van der Waals surface area contributed by atoms with Crippen LogP contribution >= 0.6 is 11.3 Å². The minimum absolute atomic E-state index is 0.0514. The van der Waals surface area contributed by atoms with Crippen molar-refractivity contribution in [3.8, 4) is 0 Å². The molecule has 2 aromatic heterocycles. The van der Waals surface area contributed by atoms with Gasteiger partial charge in [0.05, 0.1) is 16.4 Å². The normalized spacial score (nSPS) is 15.1. The van der Waals surface area contributed by atoms with E-state index in [1.54, 1.807) is 0 Å². The lowest BCUT2D eigenvalue weighted by atomic mass is 9.99. The lowest BCUT2D eigenvalue weighted by Crippen LogP contribution is -2.32. The van der Waals surface area contributed by atoms with Gasteiger partial charge in [0.25, 0.3) is 0 Å². The van der Waals surface area contributed by atoms with Crippen LogP contribution in [-0.2, 0) is 30.5 Å². The first-order valence-electron chi connectivity index (χ1n) is 8.80. The van der Waals surface area contributed by atoms with Crippen LogP contribution in [0, 0.1) is 19.8 Å². The average Bonchev–Trinajstić information content (AvgIpc) is 3.12. The van der Waals surface area contributed by atoms with Gasteiger partial charge in [-0.15, -0.1) is 11.3 Å². The largest absolute Gasteiger partial charge is 0.355 e. The Kier molecular flexibility index (Phi) is 5.33. The Labute approximate surface area is 147 Å². The van der Waals surface area contributed by atoms with Crippen LogP contribution in [0.4, 0.5) is 0 Å². The second kappa shape index (κ2) is 7.47. The summed E-state index contributed by atoms with van der Waals surface area (Å²) < 4.78 is 0. The Morgan fingerprint density at radius 3 is 2.83 bits per heavy atom. The molecule has 1 aliphatic carbocycles. The first-order chi connectivity index (χ1) is 11.5. The Balaban J connectivity index is 1.47. The van der Waals surface area contributed by atoms with Crippen LogP contribution in [-0.4, -0.2) is 27.6 Å². The number of hydrogen-bond acceptors (Lipinski definition) is 4. The molecule has 2 aromatic rings. The minimum Gasteiger partial charge on any atom is -0.355 e. The lowest BCUT2D eigenvalue weighted by molar-refractivity contribution is -0.124. The Hall–Kier alpha value is -1.69. The second-order valence-corrected chi connectivity index (χ2v) is 7.91. The number of aryl methyl sites for hydroxylation is 4. The number of carbonyl (C=O) groups excluding carboxylic acids is 1. The van der Waals surface area contributed by atoms with Crippen molar-refractivity contribution in [2.45, 2.75) is 59.3 Å². The minimum atomic E-state index is -0.0514. The first kappa shape index (κ1) is 17.1. The molecule has 2 heterocycles. The van der Waals surface area contributed by atoms with Gasteiger partial charge in [-0.2, -0.15) is 5.10 Å². The predicted molar refractivity (Wildman–Crippen MR) is 96.4 cm³/mol. The molecule has 2 N–H and O–H groups in total. The van der Waals surface area contributed by atoms with Crippen LogP contribution in [0.3, 0.4) is 0 Å². The quantitative estimate of drug-likeness (QED) is 0.845. The van der Waals surface area contributed by atoms with E-state index < -0.39 is 0 Å². The maximum atomic E-state index is 12.3. The van der Waals surface area contributed by atoms with Gasteiger partial charge in [0.15, 0.2) is 0 Å². The maximum Gasteiger partial charge on any atom is 0.223 e. The highest BCUT2D eigenvalue weighted by atomic mass is 32.1. The van der Waals surface area contributed by atoms with Crippen LogP contribution in [0.25, 0.3) is 0 Å². The number of rotatable bonds is 6. The zero-order valence-corrected chi connectivity index (χ0v) is 15.6. The fraction of sp³-hybridized carbons (Fsp3) is 0.611. The third-order valence-corrected chi connectivity index (χ3v) is 5.98. The molecule has 24 heavy (non-hydrogen) atoms. The summed E-state index contributed by atoms with van der Waals surface area (Å²) in [5, 5.41) is 11.4. The molecule has 1 amide bonds. The molecule has 3 rings (SSSR count). The van der Waals surface area contributed by atoms with E-state index in [0.29, 0.717) is 6.54 Å². The molecule has 1 aliphatic rings. The number of fused-ring (bicyclic) bond motifs is 1. The molecule has 0 aromatic carbocycles. The van der Waals surface area contributed by atoms with Crippen LogP contribution < -0.4 is 5.32 Å². The van der Waals surface area contributed by atoms with E-state index in [0.717, 1.165) is 41.2 Å². The standard InChI is InChI=1S/C18H26N4OS/c1-11(10-14-12(2)21-22-13(14)3)18(23)19-9-8-17-20-15-6-4-5-7-16(15)24-17/h11H,4-10H2,1-3H3,(H,19,23)(H,21,22). The summed E-state index contributed by atoms with van der Waals surface area (Å²) in [4.78, 5) is 18.5. The van der Waals surface area contributed by atoms with Crippen molar-refractivity contribution < 1.29 is 4.79 Å². The number of aromatic nitrogens is 3. The van der Waals surface area contributed by atoms with E-state index in [1.807, 2.05) is 32.1 Å². The van der Waals surface area contributed by atoms with Gasteiger partial charge in [0.1, 0.15) is 0 Å². The fourth-order valence-corrected chi connectivity index (χ4v) is 4.41. The van der Waals surface area contributed by atoms with Crippen LogP contribution in [0.15, 0.2) is 0 Å². The fourth-order valence-electron chi connectivity index (χ4n) is 3.25. The summed E-state index contributed by atoms with van der Waals surface area (Å²) in [5.74, 6) is 0.0563. The number of carbonyl (C=O) groups is 1. The maximum absolute atomic E-state index is 12.3. The molecule has 6 heteroatoms. The summed E-state index contributed by atoms with van der Waals surface area (Å²) >= 11 is 1.83. The van der Waals surface area contributed by atoms with Gasteiger partial charge in [-0.1, -0.05) is 6.92 Å². The van der Waals surface area contributed by atoms with Gasteiger partial charge in [-0.3, -0.25) is 9.89 Å². The van der Waals surface area contributed by atoms with Crippen molar-refractivity contribution in [1.82, 2.24) is 20.5 Å². The van der Waals surface area contributed by atoms with Gasteiger partial charge in [0.2, 0.25) is 5.91 Å². The number of amides is 1. The Morgan fingerprint density at radius 1 is 1.33 bits per heavy atom. The summed E-state index contributed by atoms with van der Waals surface area (Å²) in [7, 11) is 0. The van der Waals surface area contributed by atoms with E-state index in [1.165, 1.54) is 29.8 Å². The predicted octanol–water partition coefficient (Wildman–Crippen LogP) is 2.90. The van der Waals surface area contributed by atoms with E-state index in [-0.39, 0.29) is 11.8 Å². The van der Waals surface area contributed by atoms with Crippen LogP contribution in [0.1, 0.15) is 52.3 Å². The smallest absolute Gasteiger partial charge is 0.223 e. The average molecular weight is 347 g/mol. The summed E-state index contributed by atoms with van der Waals surface area (Å²) in [6.45, 7) is 6.63. The van der Waals surface area contributed by atoms with Gasteiger partial charge in [0, 0.05) is 29.5 Å². The number of nitrogens with one attached hydrogen (secondary N) is 2. The van der Waals surface area contributed by atoms with E-state index in [2.05, 4.69) is 15.5 Å². The molecule has 0 fully saturated rings. The van der Waals surface area contributed by atoms with Crippen molar-refractivity contribution in [3.63, 3.8) is 0 Å². The van der Waals surface area contributed by atoms with Crippen LogP contribution in [0.5, 0.6) is 0 Å². The Morgan fingerprint density at radius 2 is 2.12 bits per heavy atom. The van der Waals surface area contributed by atoms with Crippen molar-refractivity contribution in [2.75, 3.05) is 6.54 Å². The molecule has 5 nitrogen and oxygen atoms in total. The first-order valence-corrected chi connectivity index (χ1v) is 9.62. The number of thiazole rings is 1. The Bertz CT molecular complexity index is 676. The van der Waals surface area contributed by atoms with Gasteiger partial charge in [-0.25, -0.2) is 4.98 Å². The third kappa shape index (κ3) is 3.86. The molecule has 1 unspecified atom stereocenters. The molecule has 0 saturated carbocycles.